The van der Waals surface area contributed by atoms with E-state index >= 15 is 0 Å². The van der Waals surface area contributed by atoms with Crippen molar-refractivity contribution in [2.75, 3.05) is 39.8 Å². The molecule has 0 unspecified atom stereocenters. The van der Waals surface area contributed by atoms with E-state index in [2.05, 4.69) is 35.1 Å². The maximum Gasteiger partial charge on any atom is 0.0110 e. The third-order valence-electron chi connectivity index (χ3n) is 3.45. The van der Waals surface area contributed by atoms with Gasteiger partial charge in [-0.2, -0.15) is 0 Å². The molecular weight excluding hydrogens is 208 g/mol. The number of nitrogens with zero attached hydrogens (tertiary/aromatic N) is 2. The van der Waals surface area contributed by atoms with Crippen LogP contribution >= 0.6 is 0 Å². The fourth-order valence-corrected chi connectivity index (χ4v) is 2.23. The molecule has 0 aromatic heterocycles. The van der Waals surface area contributed by atoms with Gasteiger partial charge in [0.2, 0.25) is 0 Å². The van der Waals surface area contributed by atoms with Crippen molar-refractivity contribution in [3.63, 3.8) is 0 Å². The van der Waals surface area contributed by atoms with Crippen LogP contribution in [0.2, 0.25) is 0 Å². The molecule has 0 aromatic rings. The summed E-state index contributed by atoms with van der Waals surface area (Å²) >= 11 is 0. The molecule has 0 saturated carbocycles. The zero-order valence-corrected chi connectivity index (χ0v) is 11.8. The van der Waals surface area contributed by atoms with Crippen molar-refractivity contribution in [2.24, 2.45) is 0 Å². The summed E-state index contributed by atoms with van der Waals surface area (Å²) in [6, 6.07) is 0. The van der Waals surface area contributed by atoms with Gasteiger partial charge in [0.25, 0.3) is 0 Å². The highest BCUT2D eigenvalue weighted by atomic mass is 15.2. The van der Waals surface area contributed by atoms with Crippen LogP contribution in [0, 0.1) is 0 Å². The van der Waals surface area contributed by atoms with Crippen molar-refractivity contribution in [3.05, 3.63) is 23.8 Å². The normalized spacial score (nSPS) is 21.7. The topological polar surface area (TPSA) is 6.48 Å². The molecule has 2 heteroatoms. The number of allylic oxidation sites excluding steroid dienone is 3. The molecule has 0 atom stereocenters. The highest BCUT2D eigenvalue weighted by molar-refractivity contribution is 5.17. The van der Waals surface area contributed by atoms with Gasteiger partial charge in [0.1, 0.15) is 0 Å². The maximum atomic E-state index is 2.60. The largest absolute Gasteiger partial charge is 0.304 e. The summed E-state index contributed by atoms with van der Waals surface area (Å²) in [4.78, 5) is 5.01. The van der Waals surface area contributed by atoms with Gasteiger partial charge < -0.3 is 9.80 Å². The van der Waals surface area contributed by atoms with Gasteiger partial charge in [0.15, 0.2) is 0 Å². The predicted octanol–water partition coefficient (Wildman–Crippen LogP) is 2.93. The Kier molecular flexibility index (Phi) is 7.22. The van der Waals surface area contributed by atoms with E-state index in [1.165, 1.54) is 52.0 Å². The van der Waals surface area contributed by atoms with Crippen LogP contribution in [-0.2, 0) is 0 Å². The van der Waals surface area contributed by atoms with Crippen LogP contribution in [0.3, 0.4) is 0 Å². The number of hydrogen-bond acceptors (Lipinski definition) is 2. The Morgan fingerprint density at radius 3 is 2.41 bits per heavy atom. The molecule has 0 spiro atoms. The molecule has 0 bridgehead atoms. The lowest BCUT2D eigenvalue weighted by Crippen LogP contribution is -2.44. The lowest BCUT2D eigenvalue weighted by Gasteiger charge is -2.32. The average Bonchev–Trinajstić information content (AvgIpc) is 2.42. The van der Waals surface area contributed by atoms with Crippen LogP contribution in [0.5, 0.6) is 0 Å². The van der Waals surface area contributed by atoms with Crippen LogP contribution in [0.25, 0.3) is 0 Å². The summed E-state index contributed by atoms with van der Waals surface area (Å²) in [7, 11) is 2.21. The zero-order valence-electron chi connectivity index (χ0n) is 11.8. The summed E-state index contributed by atoms with van der Waals surface area (Å²) in [6.45, 7) is 10.2. The molecule has 1 saturated heterocycles. The molecule has 1 aliphatic heterocycles. The SMILES string of the molecule is CC.CN1CCN(CCC2=CC=CCC2)CC1. The lowest BCUT2D eigenvalue weighted by atomic mass is 10.0. The van der Waals surface area contributed by atoms with Crippen LogP contribution in [-0.4, -0.2) is 49.6 Å². The number of piperazine rings is 1. The molecule has 0 radical (unpaired) electrons. The quantitative estimate of drug-likeness (QED) is 0.743. The zero-order chi connectivity index (χ0) is 12.5. The fourth-order valence-electron chi connectivity index (χ4n) is 2.23. The van der Waals surface area contributed by atoms with E-state index < -0.39 is 0 Å². The molecule has 0 amide bonds. The number of likely N-dealkylation sites (N-methyl/N-ethyl adjacent to an activating group) is 1. The van der Waals surface area contributed by atoms with Gasteiger partial charge in [-0.1, -0.05) is 37.6 Å². The molecule has 98 valence electrons. The molecule has 0 aromatic carbocycles. The molecule has 2 rings (SSSR count). The van der Waals surface area contributed by atoms with E-state index in [4.69, 9.17) is 0 Å². The second-order valence-corrected chi connectivity index (χ2v) is 4.69. The Hall–Kier alpha value is -0.600. The van der Waals surface area contributed by atoms with Crippen LogP contribution < -0.4 is 0 Å². The Morgan fingerprint density at radius 1 is 1.12 bits per heavy atom. The number of rotatable bonds is 3. The summed E-state index contributed by atoms with van der Waals surface area (Å²) in [6.07, 6.45) is 10.6. The highest BCUT2D eigenvalue weighted by Gasteiger charge is 2.13. The van der Waals surface area contributed by atoms with Gasteiger partial charge in [0, 0.05) is 32.7 Å². The van der Waals surface area contributed by atoms with E-state index in [-0.39, 0.29) is 0 Å². The van der Waals surface area contributed by atoms with E-state index in [0.29, 0.717) is 0 Å². The van der Waals surface area contributed by atoms with Crippen molar-refractivity contribution in [3.8, 4) is 0 Å². The fraction of sp³-hybridized carbons (Fsp3) is 0.733. The minimum Gasteiger partial charge on any atom is -0.304 e. The second kappa shape index (κ2) is 8.48. The highest BCUT2D eigenvalue weighted by Crippen LogP contribution is 2.16. The second-order valence-electron chi connectivity index (χ2n) is 4.69. The van der Waals surface area contributed by atoms with Gasteiger partial charge in [0.05, 0.1) is 0 Å². The molecular formula is C15H28N2. The minimum atomic E-state index is 1.24. The van der Waals surface area contributed by atoms with Crippen LogP contribution in [0.4, 0.5) is 0 Å². The molecule has 2 nitrogen and oxygen atoms in total. The first-order valence-corrected chi connectivity index (χ1v) is 7.10. The molecule has 0 N–H and O–H groups in total. The number of hydrogen-bond donors (Lipinski definition) is 0. The summed E-state index contributed by atoms with van der Waals surface area (Å²) in [5, 5.41) is 0. The minimum absolute atomic E-state index is 1.24. The maximum absolute atomic E-state index is 2.60. The Labute approximate surface area is 107 Å². The third kappa shape index (κ3) is 5.51. The first-order valence-electron chi connectivity index (χ1n) is 7.10. The van der Waals surface area contributed by atoms with Crippen molar-refractivity contribution in [1.29, 1.82) is 0 Å². The molecule has 2 aliphatic rings. The lowest BCUT2D eigenvalue weighted by molar-refractivity contribution is 0.155. The smallest absolute Gasteiger partial charge is 0.0110 e. The van der Waals surface area contributed by atoms with E-state index in [1.54, 1.807) is 5.57 Å². The van der Waals surface area contributed by atoms with Crippen molar-refractivity contribution >= 4 is 0 Å². The van der Waals surface area contributed by atoms with Gasteiger partial charge >= 0.3 is 0 Å². The van der Waals surface area contributed by atoms with Crippen LogP contribution in [0.1, 0.15) is 33.1 Å². The Bertz CT molecular complexity index is 248. The van der Waals surface area contributed by atoms with Gasteiger partial charge in [-0.15, -0.1) is 0 Å². The molecule has 17 heavy (non-hydrogen) atoms. The first-order chi connectivity index (χ1) is 8.34. The average molecular weight is 236 g/mol. The molecule has 1 fully saturated rings. The van der Waals surface area contributed by atoms with Crippen LogP contribution in [0.15, 0.2) is 23.8 Å². The molecule has 1 heterocycles. The van der Waals surface area contributed by atoms with E-state index in [0.717, 1.165) is 0 Å². The summed E-state index contributed by atoms with van der Waals surface area (Å²) in [5.41, 5.74) is 1.64. The monoisotopic (exact) mass is 236 g/mol. The van der Waals surface area contributed by atoms with Crippen molar-refractivity contribution < 1.29 is 0 Å². The van der Waals surface area contributed by atoms with Gasteiger partial charge in [-0.05, 0) is 26.3 Å². The van der Waals surface area contributed by atoms with Crippen molar-refractivity contribution in [1.82, 2.24) is 9.80 Å². The van der Waals surface area contributed by atoms with Gasteiger partial charge in [-0.25, -0.2) is 0 Å². The Balaban J connectivity index is 0.000000686. The molecule has 1 aliphatic carbocycles. The summed E-state index contributed by atoms with van der Waals surface area (Å²) in [5.74, 6) is 0. The standard InChI is InChI=1S/C13H22N2.C2H6/c1-14-9-11-15(12-10-14)8-7-13-5-3-2-4-6-13;1-2/h2-3,5H,4,6-12H2,1H3;1-2H3. The third-order valence-corrected chi connectivity index (χ3v) is 3.45. The summed E-state index contributed by atoms with van der Waals surface area (Å²) < 4.78 is 0. The van der Waals surface area contributed by atoms with Gasteiger partial charge in [-0.3, -0.25) is 0 Å². The van der Waals surface area contributed by atoms with E-state index in [9.17, 15) is 0 Å². The van der Waals surface area contributed by atoms with E-state index in [1.807, 2.05) is 13.8 Å². The first kappa shape index (κ1) is 14.5. The Morgan fingerprint density at radius 2 is 1.82 bits per heavy atom. The van der Waals surface area contributed by atoms with Crippen molar-refractivity contribution in [2.45, 2.75) is 33.1 Å². The predicted molar refractivity (Wildman–Crippen MR) is 76.4 cm³/mol.